The van der Waals surface area contributed by atoms with Gasteiger partial charge in [0.15, 0.2) is 0 Å². The van der Waals surface area contributed by atoms with Gasteiger partial charge in [0.05, 0.1) is 18.8 Å². The number of rotatable bonds is 6. The van der Waals surface area contributed by atoms with Gasteiger partial charge in [-0.15, -0.1) is 0 Å². The second-order valence-corrected chi connectivity index (χ2v) is 9.58. The van der Waals surface area contributed by atoms with Crippen LogP contribution in [0.3, 0.4) is 0 Å². The average Bonchev–Trinajstić information content (AvgIpc) is 2.68. The number of piperidine rings is 1. The highest BCUT2D eigenvalue weighted by Gasteiger charge is 2.32. The van der Waals surface area contributed by atoms with E-state index in [1.54, 1.807) is 12.1 Å². The molecule has 0 bridgehead atoms. The van der Waals surface area contributed by atoms with Crippen molar-refractivity contribution in [3.63, 3.8) is 0 Å². The maximum absolute atomic E-state index is 12.2. The lowest BCUT2D eigenvalue weighted by atomic mass is 9.77. The van der Waals surface area contributed by atoms with Crippen LogP contribution >= 0.6 is 0 Å². The van der Waals surface area contributed by atoms with E-state index in [4.69, 9.17) is 14.2 Å². The van der Waals surface area contributed by atoms with E-state index < -0.39 is 5.60 Å². The highest BCUT2D eigenvalue weighted by molar-refractivity contribution is 5.89. The van der Waals surface area contributed by atoms with E-state index in [0.29, 0.717) is 11.5 Å². The van der Waals surface area contributed by atoms with Crippen LogP contribution in [0.5, 0.6) is 5.75 Å². The fraction of sp³-hybridized carbons (Fsp3) is 0.667. The average molecular weight is 418 g/mol. The Morgan fingerprint density at radius 1 is 1.00 bits per heavy atom. The Balaban J connectivity index is 1.30. The molecule has 6 nitrogen and oxygen atoms in total. The summed E-state index contributed by atoms with van der Waals surface area (Å²) in [5, 5.41) is 0. The molecule has 1 saturated heterocycles. The maximum atomic E-state index is 12.2. The third-order valence-corrected chi connectivity index (χ3v) is 6.02. The molecule has 0 spiro atoms. The van der Waals surface area contributed by atoms with Gasteiger partial charge in [0, 0.05) is 13.1 Å². The van der Waals surface area contributed by atoms with Crippen molar-refractivity contribution in [3.8, 4) is 5.75 Å². The van der Waals surface area contributed by atoms with Crippen LogP contribution in [0.2, 0.25) is 0 Å². The van der Waals surface area contributed by atoms with E-state index in [1.165, 1.54) is 20.0 Å². The van der Waals surface area contributed by atoms with Gasteiger partial charge >= 0.3 is 12.1 Å². The summed E-state index contributed by atoms with van der Waals surface area (Å²) < 4.78 is 16.2. The Bertz CT molecular complexity index is 710. The monoisotopic (exact) mass is 417 g/mol. The lowest BCUT2D eigenvalue weighted by molar-refractivity contribution is 0.0166. The molecule has 0 unspecified atom stereocenters. The van der Waals surface area contributed by atoms with Crippen LogP contribution in [0.1, 0.15) is 69.7 Å². The summed E-state index contributed by atoms with van der Waals surface area (Å²) in [7, 11) is 1.38. The molecule has 0 N–H and O–H groups in total. The molecule has 1 saturated carbocycles. The van der Waals surface area contributed by atoms with E-state index in [2.05, 4.69) is 0 Å². The first kappa shape index (κ1) is 22.4. The summed E-state index contributed by atoms with van der Waals surface area (Å²) in [6, 6.07) is 7.14. The number of hydrogen-bond donors (Lipinski definition) is 0. The van der Waals surface area contributed by atoms with Crippen LogP contribution < -0.4 is 4.74 Å². The molecule has 1 aliphatic carbocycles. The minimum atomic E-state index is -0.430. The molecule has 0 aromatic heterocycles. The largest absolute Gasteiger partial charge is 0.490 e. The van der Waals surface area contributed by atoms with E-state index in [1.807, 2.05) is 37.8 Å². The normalized spacial score (nSPS) is 22.2. The van der Waals surface area contributed by atoms with Crippen LogP contribution in [0.4, 0.5) is 4.79 Å². The van der Waals surface area contributed by atoms with Gasteiger partial charge in [-0.25, -0.2) is 9.59 Å². The number of methoxy groups -OCH3 is 1. The van der Waals surface area contributed by atoms with Gasteiger partial charge in [-0.1, -0.05) is 6.42 Å². The standard InChI is InChI=1S/C24H35NO5/c1-24(2,3)30-23(27)25-13-11-17(12-14-25)5-6-18-15-21(16-18)29-20-9-7-19(8-10-20)22(26)28-4/h7-10,17-18,21H,5-6,11-16H2,1-4H3. The Morgan fingerprint density at radius 3 is 2.17 bits per heavy atom. The second kappa shape index (κ2) is 9.71. The van der Waals surface area contributed by atoms with E-state index in [9.17, 15) is 9.59 Å². The third kappa shape index (κ3) is 6.38. The molecule has 1 heterocycles. The van der Waals surface area contributed by atoms with Crippen LogP contribution in [0, 0.1) is 11.8 Å². The molecule has 2 fully saturated rings. The zero-order valence-electron chi connectivity index (χ0n) is 18.7. The molecule has 1 amide bonds. The Kier molecular flexibility index (Phi) is 7.27. The number of carbonyl (C=O) groups is 2. The van der Waals surface area contributed by atoms with Crippen molar-refractivity contribution >= 4 is 12.1 Å². The summed E-state index contributed by atoms with van der Waals surface area (Å²) >= 11 is 0. The van der Waals surface area contributed by atoms with Gasteiger partial charge in [-0.3, -0.25) is 0 Å². The molecule has 0 radical (unpaired) electrons. The molecule has 1 aromatic rings. The van der Waals surface area contributed by atoms with Crippen LogP contribution in [0.25, 0.3) is 0 Å². The number of esters is 1. The molecular weight excluding hydrogens is 382 g/mol. The first-order valence-electron chi connectivity index (χ1n) is 11.1. The fourth-order valence-corrected chi connectivity index (χ4v) is 4.19. The molecule has 3 rings (SSSR count). The molecule has 0 atom stereocenters. The summed E-state index contributed by atoms with van der Waals surface area (Å²) in [6.45, 7) is 7.33. The van der Waals surface area contributed by atoms with Gasteiger partial charge in [0.2, 0.25) is 0 Å². The minimum absolute atomic E-state index is 0.181. The van der Waals surface area contributed by atoms with Crippen molar-refractivity contribution in [1.82, 2.24) is 4.90 Å². The molecule has 1 aliphatic heterocycles. The van der Waals surface area contributed by atoms with Crippen molar-refractivity contribution < 1.29 is 23.8 Å². The molecule has 30 heavy (non-hydrogen) atoms. The number of nitrogens with zero attached hydrogens (tertiary/aromatic N) is 1. The number of carbonyl (C=O) groups excluding carboxylic acids is 2. The second-order valence-electron chi connectivity index (χ2n) is 9.58. The van der Waals surface area contributed by atoms with Crippen LogP contribution in [-0.4, -0.2) is 48.9 Å². The van der Waals surface area contributed by atoms with Gasteiger partial charge < -0.3 is 19.1 Å². The van der Waals surface area contributed by atoms with Crippen LogP contribution in [-0.2, 0) is 9.47 Å². The first-order valence-corrected chi connectivity index (χ1v) is 11.1. The molecule has 166 valence electrons. The Hall–Kier alpha value is -2.24. The van der Waals surface area contributed by atoms with Gasteiger partial charge in [0.1, 0.15) is 11.4 Å². The number of benzene rings is 1. The Labute approximate surface area is 179 Å². The lowest BCUT2D eigenvalue weighted by Gasteiger charge is -2.37. The first-order chi connectivity index (χ1) is 14.2. The van der Waals surface area contributed by atoms with E-state index in [-0.39, 0.29) is 18.2 Å². The fourth-order valence-electron chi connectivity index (χ4n) is 4.19. The quantitative estimate of drug-likeness (QED) is 0.606. The third-order valence-electron chi connectivity index (χ3n) is 6.02. The lowest BCUT2D eigenvalue weighted by Crippen LogP contribution is -2.42. The number of amides is 1. The maximum Gasteiger partial charge on any atom is 0.410 e. The van der Waals surface area contributed by atoms with Crippen molar-refractivity contribution in [2.24, 2.45) is 11.8 Å². The molecule has 2 aliphatic rings. The summed E-state index contributed by atoms with van der Waals surface area (Å²) in [6.07, 6.45) is 6.88. The Morgan fingerprint density at radius 2 is 1.60 bits per heavy atom. The minimum Gasteiger partial charge on any atom is -0.490 e. The summed E-state index contributed by atoms with van der Waals surface area (Å²) in [5.74, 6) is 1.91. The smallest absolute Gasteiger partial charge is 0.410 e. The van der Waals surface area contributed by atoms with Crippen molar-refractivity contribution in [3.05, 3.63) is 29.8 Å². The van der Waals surface area contributed by atoms with E-state index in [0.717, 1.165) is 50.4 Å². The molecule has 6 heteroatoms. The predicted octanol–water partition coefficient (Wildman–Crippen LogP) is 5.06. The highest BCUT2D eigenvalue weighted by Crippen LogP contribution is 2.36. The zero-order chi connectivity index (χ0) is 21.7. The zero-order valence-corrected chi connectivity index (χ0v) is 18.7. The molecular formula is C24H35NO5. The van der Waals surface area contributed by atoms with Gasteiger partial charge in [-0.2, -0.15) is 0 Å². The van der Waals surface area contributed by atoms with Crippen LogP contribution in [0.15, 0.2) is 24.3 Å². The summed E-state index contributed by atoms with van der Waals surface area (Å²) in [4.78, 5) is 25.5. The number of ether oxygens (including phenoxy) is 3. The summed E-state index contributed by atoms with van der Waals surface area (Å²) in [5.41, 5.74) is 0.106. The van der Waals surface area contributed by atoms with Crippen molar-refractivity contribution in [2.75, 3.05) is 20.2 Å². The predicted molar refractivity (Wildman–Crippen MR) is 115 cm³/mol. The highest BCUT2D eigenvalue weighted by atomic mass is 16.6. The van der Waals surface area contributed by atoms with Gasteiger partial charge in [0.25, 0.3) is 0 Å². The molecule has 1 aromatic carbocycles. The SMILES string of the molecule is COC(=O)c1ccc(OC2CC(CCC3CCN(C(=O)OC(C)(C)C)CC3)C2)cc1. The number of hydrogen-bond acceptors (Lipinski definition) is 5. The van der Waals surface area contributed by atoms with Crippen molar-refractivity contribution in [2.45, 2.75) is 71.0 Å². The van der Waals surface area contributed by atoms with Gasteiger partial charge in [-0.05, 0) is 89.0 Å². The number of likely N-dealkylation sites (tertiary alicyclic amines) is 1. The van der Waals surface area contributed by atoms with Crippen molar-refractivity contribution in [1.29, 1.82) is 0 Å². The van der Waals surface area contributed by atoms with E-state index >= 15 is 0 Å². The topological polar surface area (TPSA) is 65.1 Å².